The lowest BCUT2D eigenvalue weighted by atomic mass is 10.0. The molecule has 0 aliphatic carbocycles. The summed E-state index contributed by atoms with van der Waals surface area (Å²) in [5.41, 5.74) is 5.45. The molecule has 4 unspecified atom stereocenters. The van der Waals surface area contributed by atoms with E-state index < -0.39 is 60.2 Å². The van der Waals surface area contributed by atoms with Crippen molar-refractivity contribution in [3.05, 3.63) is 0 Å². The lowest BCUT2D eigenvalue weighted by Gasteiger charge is -2.24. The van der Waals surface area contributed by atoms with Gasteiger partial charge in [-0.1, -0.05) is 13.8 Å². The molecule has 166 valence electrons. The zero-order valence-corrected chi connectivity index (χ0v) is 17.6. The normalized spacial score (nSPS) is 15.0. The predicted octanol–water partition coefficient (Wildman–Crippen LogP) is -1.29. The van der Waals surface area contributed by atoms with Crippen LogP contribution in [0, 0.1) is 5.92 Å². The van der Waals surface area contributed by atoms with Gasteiger partial charge >= 0.3 is 11.9 Å². The monoisotopic (exact) mass is 434 g/mol. The summed E-state index contributed by atoms with van der Waals surface area (Å²) in [7, 11) is 0. The minimum absolute atomic E-state index is 0.00862. The average molecular weight is 435 g/mol. The molecule has 0 radical (unpaired) electrons. The van der Waals surface area contributed by atoms with Crippen LogP contribution < -0.4 is 21.7 Å². The molecular formula is C17H30N4O7S. The van der Waals surface area contributed by atoms with Gasteiger partial charge in [-0.15, -0.1) is 0 Å². The van der Waals surface area contributed by atoms with Crippen molar-refractivity contribution in [2.75, 3.05) is 5.75 Å². The lowest BCUT2D eigenvalue weighted by Crippen LogP contribution is -2.57. The number of aliphatic carboxylic acids is 2. The smallest absolute Gasteiger partial charge is 0.326 e. The molecule has 0 spiro atoms. The van der Waals surface area contributed by atoms with E-state index in [9.17, 15) is 29.1 Å². The van der Waals surface area contributed by atoms with Crippen LogP contribution >= 0.6 is 12.6 Å². The standard InChI is InChI=1S/C17H30N4O7S/c1-8(2)6-11(17(27)28)20-16(26)12(7-29)21-15(25)10(4-5-13(22)23)19-14(24)9(3)18/h8-12,29H,4-7,18H2,1-3H3,(H,19,24)(H,20,26)(H,21,25)(H,22,23)(H,27,28). The topological polar surface area (TPSA) is 188 Å². The highest BCUT2D eigenvalue weighted by atomic mass is 32.1. The Hall–Kier alpha value is -2.34. The Morgan fingerprint density at radius 1 is 0.862 bits per heavy atom. The van der Waals surface area contributed by atoms with Gasteiger partial charge in [-0.2, -0.15) is 12.6 Å². The fraction of sp³-hybridized carbons (Fsp3) is 0.706. The van der Waals surface area contributed by atoms with Gasteiger partial charge < -0.3 is 31.9 Å². The van der Waals surface area contributed by atoms with Gasteiger partial charge in [-0.25, -0.2) is 4.79 Å². The van der Waals surface area contributed by atoms with Crippen LogP contribution in [-0.2, 0) is 24.0 Å². The number of carbonyl (C=O) groups excluding carboxylic acids is 3. The molecule has 0 aliphatic rings. The Bertz CT molecular complexity index is 613. The Morgan fingerprint density at radius 2 is 1.34 bits per heavy atom. The van der Waals surface area contributed by atoms with Crippen LogP contribution in [0.1, 0.15) is 40.0 Å². The van der Waals surface area contributed by atoms with E-state index in [1.165, 1.54) is 6.92 Å². The number of thiol groups is 1. The van der Waals surface area contributed by atoms with Crippen molar-refractivity contribution in [1.29, 1.82) is 0 Å². The summed E-state index contributed by atoms with van der Waals surface area (Å²) in [6.45, 7) is 4.99. The first kappa shape index (κ1) is 26.7. The van der Waals surface area contributed by atoms with E-state index in [1.54, 1.807) is 13.8 Å². The van der Waals surface area contributed by atoms with E-state index in [2.05, 4.69) is 28.6 Å². The molecule has 0 saturated carbocycles. The second-order valence-electron chi connectivity index (χ2n) is 7.05. The molecule has 0 saturated heterocycles. The van der Waals surface area contributed by atoms with Crippen molar-refractivity contribution in [3.63, 3.8) is 0 Å². The van der Waals surface area contributed by atoms with Crippen LogP contribution in [0.5, 0.6) is 0 Å². The lowest BCUT2D eigenvalue weighted by molar-refractivity contribution is -0.142. The quantitative estimate of drug-likeness (QED) is 0.174. The second kappa shape index (κ2) is 13.0. The molecule has 3 amide bonds. The highest BCUT2D eigenvalue weighted by Crippen LogP contribution is 2.06. The van der Waals surface area contributed by atoms with Gasteiger partial charge in [-0.05, 0) is 25.7 Å². The van der Waals surface area contributed by atoms with E-state index in [1.807, 2.05) is 0 Å². The van der Waals surface area contributed by atoms with Gasteiger partial charge in [0, 0.05) is 12.2 Å². The van der Waals surface area contributed by atoms with Crippen LogP contribution in [0.25, 0.3) is 0 Å². The molecule has 0 heterocycles. The summed E-state index contributed by atoms with van der Waals surface area (Å²) in [6.07, 6.45) is -0.420. The number of carboxylic acid groups (broad SMARTS) is 2. The van der Waals surface area contributed by atoms with Crippen molar-refractivity contribution >= 4 is 42.3 Å². The number of hydrogen-bond acceptors (Lipinski definition) is 7. The maximum Gasteiger partial charge on any atom is 0.326 e. The first-order chi connectivity index (χ1) is 13.4. The maximum absolute atomic E-state index is 12.5. The Labute approximate surface area is 174 Å². The molecular weight excluding hydrogens is 404 g/mol. The van der Waals surface area contributed by atoms with Crippen LogP contribution in [0.15, 0.2) is 0 Å². The number of carboxylic acids is 2. The molecule has 11 nitrogen and oxygen atoms in total. The first-order valence-electron chi connectivity index (χ1n) is 9.11. The van der Waals surface area contributed by atoms with E-state index >= 15 is 0 Å². The van der Waals surface area contributed by atoms with Gasteiger partial charge in [0.2, 0.25) is 17.7 Å². The Kier molecular flexibility index (Phi) is 11.9. The first-order valence-corrected chi connectivity index (χ1v) is 9.74. The highest BCUT2D eigenvalue weighted by molar-refractivity contribution is 7.80. The minimum atomic E-state index is -1.23. The number of hydrogen-bond donors (Lipinski definition) is 7. The van der Waals surface area contributed by atoms with Crippen molar-refractivity contribution in [2.45, 2.75) is 64.2 Å². The van der Waals surface area contributed by atoms with E-state index in [0.29, 0.717) is 0 Å². The summed E-state index contributed by atoms with van der Waals surface area (Å²) >= 11 is 4.01. The predicted molar refractivity (Wildman–Crippen MR) is 107 cm³/mol. The molecule has 0 bridgehead atoms. The van der Waals surface area contributed by atoms with E-state index in [0.717, 1.165) is 0 Å². The fourth-order valence-electron chi connectivity index (χ4n) is 2.27. The minimum Gasteiger partial charge on any atom is -0.481 e. The summed E-state index contributed by atoms with van der Waals surface area (Å²) in [5.74, 6) is -4.72. The summed E-state index contributed by atoms with van der Waals surface area (Å²) < 4.78 is 0. The zero-order valence-electron chi connectivity index (χ0n) is 16.7. The van der Waals surface area contributed by atoms with Crippen LogP contribution in [0.2, 0.25) is 0 Å². The van der Waals surface area contributed by atoms with E-state index in [4.69, 9.17) is 10.8 Å². The zero-order chi connectivity index (χ0) is 22.7. The largest absolute Gasteiger partial charge is 0.481 e. The molecule has 0 aliphatic heterocycles. The van der Waals surface area contributed by atoms with Gasteiger partial charge in [0.1, 0.15) is 18.1 Å². The molecule has 12 heteroatoms. The third-order valence-electron chi connectivity index (χ3n) is 3.83. The van der Waals surface area contributed by atoms with Gasteiger partial charge in [0.25, 0.3) is 0 Å². The maximum atomic E-state index is 12.5. The number of nitrogens with two attached hydrogens (primary N) is 1. The van der Waals surface area contributed by atoms with Crippen LogP contribution in [0.3, 0.4) is 0 Å². The van der Waals surface area contributed by atoms with Gasteiger partial charge in [-0.3, -0.25) is 19.2 Å². The average Bonchev–Trinajstić information content (AvgIpc) is 2.60. The van der Waals surface area contributed by atoms with E-state index in [-0.39, 0.29) is 24.5 Å². The van der Waals surface area contributed by atoms with Crippen molar-refractivity contribution in [3.8, 4) is 0 Å². The molecule has 0 rings (SSSR count). The molecule has 7 N–H and O–H groups in total. The van der Waals surface area contributed by atoms with Crippen LogP contribution in [0.4, 0.5) is 0 Å². The Morgan fingerprint density at radius 3 is 1.76 bits per heavy atom. The Balaban J connectivity index is 5.19. The van der Waals surface area contributed by atoms with Gasteiger partial charge in [0.05, 0.1) is 6.04 Å². The molecule has 0 aromatic heterocycles. The molecule has 0 aromatic carbocycles. The molecule has 29 heavy (non-hydrogen) atoms. The fourth-order valence-corrected chi connectivity index (χ4v) is 2.53. The third kappa shape index (κ3) is 10.7. The number of amides is 3. The summed E-state index contributed by atoms with van der Waals surface area (Å²) in [6, 6.07) is -4.47. The number of carbonyl (C=O) groups is 5. The second-order valence-corrected chi connectivity index (χ2v) is 7.42. The number of nitrogens with one attached hydrogen (secondary N) is 3. The van der Waals surface area contributed by atoms with Crippen molar-refractivity contribution in [2.24, 2.45) is 11.7 Å². The molecule has 0 fully saturated rings. The molecule has 4 atom stereocenters. The summed E-state index contributed by atoms with van der Waals surface area (Å²) in [4.78, 5) is 58.8. The summed E-state index contributed by atoms with van der Waals surface area (Å²) in [5, 5.41) is 25.1. The molecule has 0 aromatic rings. The highest BCUT2D eigenvalue weighted by Gasteiger charge is 2.29. The number of rotatable bonds is 13. The van der Waals surface area contributed by atoms with Gasteiger partial charge in [0.15, 0.2) is 0 Å². The van der Waals surface area contributed by atoms with Crippen molar-refractivity contribution in [1.82, 2.24) is 16.0 Å². The third-order valence-corrected chi connectivity index (χ3v) is 4.20. The van der Waals surface area contributed by atoms with Crippen LogP contribution in [-0.4, -0.2) is 69.8 Å². The SMILES string of the molecule is CC(C)CC(NC(=O)C(CS)NC(=O)C(CCC(=O)O)NC(=O)C(C)N)C(=O)O. The van der Waals surface area contributed by atoms with Crippen molar-refractivity contribution < 1.29 is 34.2 Å².